The third kappa shape index (κ3) is 4.03. The van der Waals surface area contributed by atoms with Gasteiger partial charge in [0.05, 0.1) is 11.9 Å². The van der Waals surface area contributed by atoms with Gasteiger partial charge in [-0.3, -0.25) is 14.2 Å². The maximum absolute atomic E-state index is 13.2. The lowest BCUT2D eigenvalue weighted by Gasteiger charge is -2.35. The summed E-state index contributed by atoms with van der Waals surface area (Å²) in [6, 6.07) is 0.118. The molecule has 9 nitrogen and oxygen atoms in total. The van der Waals surface area contributed by atoms with Gasteiger partial charge in [-0.15, -0.1) is 0 Å². The van der Waals surface area contributed by atoms with Crippen LogP contribution in [0.4, 0.5) is 13.2 Å². The lowest BCUT2D eigenvalue weighted by atomic mass is 10.2. The van der Waals surface area contributed by atoms with Gasteiger partial charge in [-0.05, 0) is 32.8 Å². The van der Waals surface area contributed by atoms with Crippen LogP contribution in [0.5, 0.6) is 0 Å². The molecule has 1 aliphatic carbocycles. The Hall–Kier alpha value is -2.41. The fraction of sp³-hybridized carbons (Fsp3) is 0.632. The number of hydrogen-bond donors (Lipinski definition) is 0. The molecule has 1 saturated heterocycles. The lowest BCUT2D eigenvalue weighted by Crippen LogP contribution is -2.52. The average molecular weight is 475 g/mol. The number of alkyl halides is 3. The number of rotatable bonds is 5. The van der Waals surface area contributed by atoms with Crippen LogP contribution in [0, 0.1) is 6.92 Å². The first-order chi connectivity index (χ1) is 14.9. The van der Waals surface area contributed by atoms with E-state index in [0.29, 0.717) is 11.4 Å². The highest BCUT2D eigenvalue weighted by Gasteiger charge is 2.40. The van der Waals surface area contributed by atoms with Crippen molar-refractivity contribution in [2.75, 3.05) is 26.2 Å². The van der Waals surface area contributed by atoms with Gasteiger partial charge in [-0.1, -0.05) is 0 Å². The van der Waals surface area contributed by atoms with Gasteiger partial charge < -0.3 is 4.90 Å². The number of amides is 1. The molecule has 2 aromatic rings. The van der Waals surface area contributed by atoms with E-state index in [4.69, 9.17) is 0 Å². The molecule has 13 heteroatoms. The van der Waals surface area contributed by atoms with Crippen molar-refractivity contribution in [1.29, 1.82) is 0 Å². The van der Waals surface area contributed by atoms with Gasteiger partial charge in [0.15, 0.2) is 5.69 Å². The Balaban J connectivity index is 1.47. The number of aromatic nitrogens is 4. The Labute approximate surface area is 183 Å². The molecule has 0 N–H and O–H groups in total. The van der Waals surface area contributed by atoms with Crippen molar-refractivity contribution in [2.24, 2.45) is 7.05 Å². The largest absolute Gasteiger partial charge is 0.435 e. The minimum absolute atomic E-state index is 0.0152. The maximum atomic E-state index is 13.2. The van der Waals surface area contributed by atoms with Crippen molar-refractivity contribution in [1.82, 2.24) is 28.8 Å². The monoisotopic (exact) mass is 474 g/mol. The van der Waals surface area contributed by atoms with Gasteiger partial charge >= 0.3 is 6.18 Å². The molecule has 0 spiro atoms. The third-order valence-electron chi connectivity index (χ3n) is 6.13. The van der Waals surface area contributed by atoms with Gasteiger partial charge in [-0.25, -0.2) is 8.42 Å². The molecule has 32 heavy (non-hydrogen) atoms. The molecule has 2 fully saturated rings. The zero-order valence-corrected chi connectivity index (χ0v) is 18.8. The highest BCUT2D eigenvalue weighted by Crippen LogP contribution is 2.43. The molecule has 176 valence electrons. The van der Waals surface area contributed by atoms with Crippen LogP contribution in [0.2, 0.25) is 0 Å². The van der Waals surface area contributed by atoms with Gasteiger partial charge in [0.2, 0.25) is 15.9 Å². The summed E-state index contributed by atoms with van der Waals surface area (Å²) < 4.78 is 69.3. The minimum atomic E-state index is -4.58. The Bertz CT molecular complexity index is 1130. The standard InChI is InChI=1S/C19H25F3N6O3S/c1-12-16(11-23-25(12)3)32(30,31)27-8-6-26(7-9-27)18(29)13(2)28-15(14-4-5-14)10-17(24-28)19(20,21)22/h10-11,13-14H,4-9H2,1-3H3. The summed E-state index contributed by atoms with van der Waals surface area (Å²) in [5.41, 5.74) is -0.0582. The molecule has 3 heterocycles. The van der Waals surface area contributed by atoms with E-state index in [1.807, 2.05) is 0 Å². The number of piperazine rings is 1. The molecule has 1 saturated carbocycles. The number of aryl methyl sites for hydroxylation is 1. The molecule has 0 aromatic carbocycles. The average Bonchev–Trinajstić information content (AvgIpc) is 3.38. The molecule has 0 bridgehead atoms. The molecule has 1 unspecified atom stereocenters. The van der Waals surface area contributed by atoms with Crippen LogP contribution in [0.15, 0.2) is 17.2 Å². The number of halogens is 3. The highest BCUT2D eigenvalue weighted by molar-refractivity contribution is 7.89. The quantitative estimate of drug-likeness (QED) is 0.660. The zero-order chi connectivity index (χ0) is 23.4. The Morgan fingerprint density at radius 1 is 1.19 bits per heavy atom. The first kappa shape index (κ1) is 22.8. The first-order valence-corrected chi connectivity index (χ1v) is 11.8. The third-order valence-corrected chi connectivity index (χ3v) is 8.13. The summed E-state index contributed by atoms with van der Waals surface area (Å²) in [7, 11) is -2.09. The van der Waals surface area contributed by atoms with Crippen molar-refractivity contribution in [3.8, 4) is 0 Å². The number of nitrogens with zero attached hydrogens (tertiary/aromatic N) is 6. The van der Waals surface area contributed by atoms with Crippen molar-refractivity contribution in [3.05, 3.63) is 29.3 Å². The molecule has 0 radical (unpaired) electrons. The smallest absolute Gasteiger partial charge is 0.338 e. The second kappa shape index (κ2) is 7.87. The highest BCUT2D eigenvalue weighted by atomic mass is 32.2. The van der Waals surface area contributed by atoms with E-state index in [0.717, 1.165) is 18.9 Å². The molecule has 1 aliphatic heterocycles. The van der Waals surface area contributed by atoms with Crippen LogP contribution in [0.1, 0.15) is 48.8 Å². The van der Waals surface area contributed by atoms with Gasteiger partial charge in [0.1, 0.15) is 10.9 Å². The molecule has 2 aromatic heterocycles. The Morgan fingerprint density at radius 3 is 2.31 bits per heavy atom. The van der Waals surface area contributed by atoms with Gasteiger partial charge in [0, 0.05) is 44.8 Å². The SMILES string of the molecule is Cc1c(S(=O)(=O)N2CCN(C(=O)C(C)n3nc(C(F)(F)F)cc3C3CC3)CC2)cnn1C. The fourth-order valence-electron chi connectivity index (χ4n) is 3.93. The second-order valence-electron chi connectivity index (χ2n) is 8.29. The van der Waals surface area contributed by atoms with E-state index in [-0.39, 0.29) is 42.9 Å². The van der Waals surface area contributed by atoms with E-state index in [1.165, 1.54) is 31.7 Å². The normalized spacial score (nSPS) is 19.4. The fourth-order valence-corrected chi connectivity index (χ4v) is 5.54. The van der Waals surface area contributed by atoms with Crippen LogP contribution < -0.4 is 0 Å². The van der Waals surface area contributed by atoms with E-state index in [1.54, 1.807) is 14.0 Å². The number of sulfonamides is 1. The van der Waals surface area contributed by atoms with E-state index < -0.39 is 27.9 Å². The summed E-state index contributed by atoms with van der Waals surface area (Å²) in [5.74, 6) is -0.392. The zero-order valence-electron chi connectivity index (χ0n) is 18.0. The summed E-state index contributed by atoms with van der Waals surface area (Å²) >= 11 is 0. The van der Waals surface area contributed by atoms with Crippen molar-refractivity contribution in [2.45, 2.75) is 49.7 Å². The predicted molar refractivity (Wildman–Crippen MR) is 107 cm³/mol. The van der Waals surface area contributed by atoms with E-state index in [2.05, 4.69) is 10.2 Å². The topological polar surface area (TPSA) is 93.3 Å². The Morgan fingerprint density at radius 2 is 1.81 bits per heavy atom. The molecular formula is C19H25F3N6O3S. The first-order valence-electron chi connectivity index (χ1n) is 10.4. The van der Waals surface area contributed by atoms with Crippen LogP contribution in [-0.4, -0.2) is 69.3 Å². The van der Waals surface area contributed by atoms with Gasteiger partial charge in [0.25, 0.3) is 0 Å². The molecule has 4 rings (SSSR count). The van der Waals surface area contributed by atoms with Crippen LogP contribution in [0.25, 0.3) is 0 Å². The maximum Gasteiger partial charge on any atom is 0.435 e. The van der Waals surface area contributed by atoms with Crippen LogP contribution >= 0.6 is 0 Å². The molecular weight excluding hydrogens is 449 g/mol. The van der Waals surface area contributed by atoms with Crippen LogP contribution in [-0.2, 0) is 28.0 Å². The van der Waals surface area contributed by atoms with Gasteiger partial charge in [-0.2, -0.15) is 27.7 Å². The minimum Gasteiger partial charge on any atom is -0.338 e. The summed E-state index contributed by atoms with van der Waals surface area (Å²) in [6.07, 6.45) is -1.73. The molecule has 1 atom stereocenters. The summed E-state index contributed by atoms with van der Waals surface area (Å²) in [6.45, 7) is 3.68. The Kier molecular flexibility index (Phi) is 5.60. The number of carbonyl (C=O) groups excluding carboxylic acids is 1. The van der Waals surface area contributed by atoms with Crippen molar-refractivity contribution in [3.63, 3.8) is 0 Å². The summed E-state index contributed by atoms with van der Waals surface area (Å²) in [5, 5.41) is 7.67. The lowest BCUT2D eigenvalue weighted by molar-refractivity contribution is -0.142. The molecule has 2 aliphatic rings. The molecule has 1 amide bonds. The van der Waals surface area contributed by atoms with Crippen LogP contribution in [0.3, 0.4) is 0 Å². The van der Waals surface area contributed by atoms with E-state index >= 15 is 0 Å². The second-order valence-corrected chi connectivity index (χ2v) is 10.2. The number of carbonyl (C=O) groups is 1. The van der Waals surface area contributed by atoms with Crippen molar-refractivity contribution < 1.29 is 26.4 Å². The van der Waals surface area contributed by atoms with Crippen molar-refractivity contribution >= 4 is 15.9 Å². The number of hydrogen-bond acceptors (Lipinski definition) is 5. The van der Waals surface area contributed by atoms with E-state index in [9.17, 15) is 26.4 Å². The predicted octanol–water partition coefficient (Wildman–Crippen LogP) is 1.92. The summed E-state index contributed by atoms with van der Waals surface area (Å²) in [4.78, 5) is 14.6.